The number of esters is 1. The third-order valence-corrected chi connectivity index (χ3v) is 7.72. The Morgan fingerprint density at radius 3 is 2.06 bits per heavy atom. The molecule has 0 spiro atoms. The summed E-state index contributed by atoms with van der Waals surface area (Å²) in [5.41, 5.74) is 1.97. The average Bonchev–Trinajstić information content (AvgIpc) is 3.08. The first-order valence-corrected chi connectivity index (χ1v) is 13.0. The summed E-state index contributed by atoms with van der Waals surface area (Å²) in [4.78, 5) is 27.8. The smallest absolute Gasteiger partial charge is 0.338 e. The van der Waals surface area contributed by atoms with Crippen molar-refractivity contribution in [1.29, 1.82) is 0 Å². The standard InChI is InChI=1S/C25H21Cl2NO5S/c1-16-3-2-4-21(13-16)28(24(29)17-5-9-19(26)10-6-17)22-14-34(31,32)15-23(22)33-25(30)18-7-11-20(27)12-8-18/h2-13,22-23H,14-15H2,1H3/t22-,23-/m0/s1. The molecular formula is C25H21Cl2NO5S. The van der Waals surface area contributed by atoms with Gasteiger partial charge in [0.1, 0.15) is 6.10 Å². The molecule has 0 aliphatic carbocycles. The Balaban J connectivity index is 1.73. The molecule has 0 unspecified atom stereocenters. The third kappa shape index (κ3) is 5.43. The summed E-state index contributed by atoms with van der Waals surface area (Å²) in [7, 11) is -3.58. The highest BCUT2D eigenvalue weighted by atomic mass is 35.5. The van der Waals surface area contributed by atoms with Crippen LogP contribution in [0.4, 0.5) is 5.69 Å². The first kappa shape index (κ1) is 24.3. The van der Waals surface area contributed by atoms with Crippen molar-refractivity contribution in [2.75, 3.05) is 16.4 Å². The molecule has 1 fully saturated rings. The van der Waals surface area contributed by atoms with Crippen molar-refractivity contribution >= 4 is 50.6 Å². The maximum Gasteiger partial charge on any atom is 0.338 e. The Morgan fingerprint density at radius 2 is 1.47 bits per heavy atom. The minimum Gasteiger partial charge on any atom is -0.455 e. The van der Waals surface area contributed by atoms with Crippen molar-refractivity contribution in [1.82, 2.24) is 0 Å². The van der Waals surface area contributed by atoms with Gasteiger partial charge in [0.15, 0.2) is 9.84 Å². The van der Waals surface area contributed by atoms with Crippen molar-refractivity contribution in [3.8, 4) is 0 Å². The van der Waals surface area contributed by atoms with Gasteiger partial charge in [0.25, 0.3) is 5.91 Å². The summed E-state index contributed by atoms with van der Waals surface area (Å²) in [5, 5.41) is 0.925. The molecule has 0 N–H and O–H groups in total. The fourth-order valence-corrected chi connectivity index (χ4v) is 5.97. The SMILES string of the molecule is Cc1cccc(N(C(=O)c2ccc(Cl)cc2)[C@H]2CS(=O)(=O)C[C@@H]2OC(=O)c2ccc(Cl)cc2)c1. The highest BCUT2D eigenvalue weighted by molar-refractivity contribution is 7.91. The second-order valence-electron chi connectivity index (χ2n) is 8.12. The van der Waals surface area contributed by atoms with Crippen LogP contribution in [0.15, 0.2) is 72.8 Å². The van der Waals surface area contributed by atoms with Crippen LogP contribution in [-0.2, 0) is 14.6 Å². The van der Waals surface area contributed by atoms with Crippen molar-refractivity contribution in [3.63, 3.8) is 0 Å². The molecule has 0 saturated carbocycles. The average molecular weight is 518 g/mol. The Labute approximate surface area is 208 Å². The molecular weight excluding hydrogens is 497 g/mol. The first-order valence-electron chi connectivity index (χ1n) is 10.5. The molecule has 1 aliphatic heterocycles. The molecule has 0 aromatic heterocycles. The van der Waals surface area contributed by atoms with Gasteiger partial charge in [0.05, 0.1) is 23.1 Å². The fourth-order valence-electron chi connectivity index (χ4n) is 3.91. The number of rotatable bonds is 5. The van der Waals surface area contributed by atoms with E-state index in [1.807, 2.05) is 13.0 Å². The van der Waals surface area contributed by atoms with Crippen molar-refractivity contribution in [2.45, 2.75) is 19.1 Å². The van der Waals surface area contributed by atoms with E-state index in [4.69, 9.17) is 27.9 Å². The zero-order valence-corrected chi connectivity index (χ0v) is 20.5. The predicted octanol–water partition coefficient (Wildman–Crippen LogP) is 4.97. The molecule has 1 aliphatic rings. The van der Waals surface area contributed by atoms with Crippen LogP contribution in [0.2, 0.25) is 10.0 Å². The van der Waals surface area contributed by atoms with E-state index in [1.165, 1.54) is 17.0 Å². The number of sulfone groups is 1. The van der Waals surface area contributed by atoms with Crippen molar-refractivity contribution < 1.29 is 22.7 Å². The van der Waals surface area contributed by atoms with E-state index in [9.17, 15) is 18.0 Å². The number of anilines is 1. The molecule has 4 rings (SSSR count). The van der Waals surface area contributed by atoms with Crippen LogP contribution in [0.5, 0.6) is 0 Å². The molecule has 1 amide bonds. The van der Waals surface area contributed by atoms with E-state index < -0.39 is 33.9 Å². The van der Waals surface area contributed by atoms with Gasteiger partial charge in [0.2, 0.25) is 0 Å². The van der Waals surface area contributed by atoms with Gasteiger partial charge in [-0.15, -0.1) is 0 Å². The lowest BCUT2D eigenvalue weighted by Crippen LogP contribution is -2.48. The number of benzene rings is 3. The topological polar surface area (TPSA) is 80.8 Å². The molecule has 34 heavy (non-hydrogen) atoms. The minimum absolute atomic E-state index is 0.235. The summed E-state index contributed by atoms with van der Waals surface area (Å²) < 4.78 is 31.0. The lowest BCUT2D eigenvalue weighted by Gasteiger charge is -2.32. The number of nitrogens with zero attached hydrogens (tertiary/aromatic N) is 1. The quantitative estimate of drug-likeness (QED) is 0.446. The summed E-state index contributed by atoms with van der Waals surface area (Å²) >= 11 is 11.9. The summed E-state index contributed by atoms with van der Waals surface area (Å²) in [5.74, 6) is -1.82. The number of amides is 1. The second kappa shape index (κ2) is 9.78. The zero-order valence-electron chi connectivity index (χ0n) is 18.1. The first-order chi connectivity index (χ1) is 16.1. The van der Waals surface area contributed by atoms with E-state index in [1.54, 1.807) is 54.6 Å². The number of halogens is 2. The van der Waals surface area contributed by atoms with Gasteiger partial charge in [-0.25, -0.2) is 13.2 Å². The molecule has 0 bridgehead atoms. The van der Waals surface area contributed by atoms with Crippen LogP contribution in [0.1, 0.15) is 26.3 Å². The third-order valence-electron chi connectivity index (χ3n) is 5.53. The predicted molar refractivity (Wildman–Crippen MR) is 133 cm³/mol. The van der Waals surface area contributed by atoms with Gasteiger partial charge < -0.3 is 9.64 Å². The number of carbonyl (C=O) groups is 2. The molecule has 9 heteroatoms. The number of carbonyl (C=O) groups excluding carboxylic acids is 2. The second-order valence-corrected chi connectivity index (χ2v) is 11.1. The zero-order chi connectivity index (χ0) is 24.5. The maximum atomic E-state index is 13.6. The van der Waals surface area contributed by atoms with Crippen molar-refractivity contribution in [3.05, 3.63) is 99.5 Å². The monoisotopic (exact) mass is 517 g/mol. The van der Waals surface area contributed by atoms with Crippen LogP contribution in [0, 0.1) is 6.92 Å². The van der Waals surface area contributed by atoms with Gasteiger partial charge in [-0.3, -0.25) is 4.79 Å². The van der Waals surface area contributed by atoms with E-state index in [2.05, 4.69) is 0 Å². The number of ether oxygens (including phenoxy) is 1. The summed E-state index contributed by atoms with van der Waals surface area (Å²) in [6.07, 6.45) is -1.05. The Hall–Kier alpha value is -2.87. The van der Waals surface area contributed by atoms with Crippen LogP contribution in [0.25, 0.3) is 0 Å². The van der Waals surface area contributed by atoms with Gasteiger partial charge in [-0.1, -0.05) is 35.3 Å². The van der Waals surface area contributed by atoms with Crippen LogP contribution in [0.3, 0.4) is 0 Å². The number of hydrogen-bond donors (Lipinski definition) is 0. The lowest BCUT2D eigenvalue weighted by atomic mass is 10.1. The van der Waals surface area contributed by atoms with Crippen LogP contribution < -0.4 is 4.90 Å². The van der Waals surface area contributed by atoms with E-state index in [0.717, 1.165) is 5.56 Å². The largest absolute Gasteiger partial charge is 0.455 e. The van der Waals surface area contributed by atoms with Crippen LogP contribution in [-0.4, -0.2) is 43.9 Å². The molecule has 1 heterocycles. The molecule has 176 valence electrons. The van der Waals surface area contributed by atoms with Crippen molar-refractivity contribution in [2.24, 2.45) is 0 Å². The maximum absolute atomic E-state index is 13.6. The Morgan fingerprint density at radius 1 is 0.882 bits per heavy atom. The molecule has 3 aromatic rings. The van der Waals surface area contributed by atoms with Gasteiger partial charge in [-0.05, 0) is 73.2 Å². The molecule has 2 atom stereocenters. The molecule has 0 radical (unpaired) electrons. The minimum atomic E-state index is -3.58. The Kier molecular flexibility index (Phi) is 6.98. The Bertz CT molecular complexity index is 1320. The molecule has 6 nitrogen and oxygen atoms in total. The van der Waals surface area contributed by atoms with Gasteiger partial charge >= 0.3 is 5.97 Å². The highest BCUT2D eigenvalue weighted by Gasteiger charge is 2.46. The van der Waals surface area contributed by atoms with E-state index in [-0.39, 0.29) is 17.1 Å². The summed E-state index contributed by atoms with van der Waals surface area (Å²) in [6.45, 7) is 1.87. The highest BCUT2D eigenvalue weighted by Crippen LogP contribution is 2.30. The normalized spacial score (nSPS) is 18.9. The molecule has 3 aromatic carbocycles. The van der Waals surface area contributed by atoms with Crippen LogP contribution >= 0.6 is 23.2 Å². The van der Waals surface area contributed by atoms with Gasteiger partial charge in [0, 0.05) is 21.3 Å². The van der Waals surface area contributed by atoms with E-state index >= 15 is 0 Å². The fraction of sp³-hybridized carbons (Fsp3) is 0.200. The van der Waals surface area contributed by atoms with Gasteiger partial charge in [-0.2, -0.15) is 0 Å². The number of hydrogen-bond acceptors (Lipinski definition) is 5. The van der Waals surface area contributed by atoms with E-state index in [0.29, 0.717) is 21.3 Å². The molecule has 1 saturated heterocycles. The lowest BCUT2D eigenvalue weighted by molar-refractivity contribution is 0.0314. The summed E-state index contributed by atoms with van der Waals surface area (Å²) in [6, 6.07) is 18.7. The number of aryl methyl sites for hydroxylation is 1.